The summed E-state index contributed by atoms with van der Waals surface area (Å²) in [4.78, 5) is 31.4. The first-order chi connectivity index (χ1) is 21.2. The Hall–Kier alpha value is -4.59. The van der Waals surface area contributed by atoms with E-state index in [4.69, 9.17) is 0 Å². The molecule has 44 heavy (non-hydrogen) atoms. The summed E-state index contributed by atoms with van der Waals surface area (Å²) in [7, 11) is 1.52. The molecule has 0 saturated carbocycles. The molecule has 4 aromatic carbocycles. The average molecular weight is 602 g/mol. The molecule has 0 aromatic heterocycles. The van der Waals surface area contributed by atoms with Crippen molar-refractivity contribution in [1.29, 1.82) is 0 Å². The first-order valence-electron chi connectivity index (χ1n) is 15.0. The van der Waals surface area contributed by atoms with Crippen molar-refractivity contribution >= 4 is 34.6 Å². The van der Waals surface area contributed by atoms with Crippen LogP contribution in [0.3, 0.4) is 0 Å². The van der Waals surface area contributed by atoms with Gasteiger partial charge in [-0.05, 0) is 72.0 Å². The molecule has 0 fully saturated rings. The van der Waals surface area contributed by atoms with Crippen LogP contribution < -0.4 is 15.1 Å². The molecule has 1 spiro atoms. The summed E-state index contributed by atoms with van der Waals surface area (Å²) < 4.78 is 41.3. The number of likely N-dealkylation sites (N-methyl/N-ethyl adjacent to an activating group) is 1. The summed E-state index contributed by atoms with van der Waals surface area (Å²) in [6, 6.07) is 27.2. The van der Waals surface area contributed by atoms with Gasteiger partial charge in [-0.3, -0.25) is 14.5 Å². The molecule has 230 valence electrons. The maximum absolute atomic E-state index is 14.6. The van der Waals surface area contributed by atoms with Crippen molar-refractivity contribution in [2.24, 2.45) is 0 Å². The molecule has 1 aliphatic heterocycles. The first-order valence-corrected chi connectivity index (χ1v) is 15.0. The molecule has 4 aromatic rings. The molecule has 2 amide bonds. The Balaban J connectivity index is 0.00000106. The average Bonchev–Trinajstić information content (AvgIpc) is 3.42. The van der Waals surface area contributed by atoms with Gasteiger partial charge in [-0.15, -0.1) is 0 Å². The van der Waals surface area contributed by atoms with Crippen molar-refractivity contribution < 1.29 is 22.8 Å². The Morgan fingerprint density at radius 3 is 2.05 bits per heavy atom. The Kier molecular flexibility index (Phi) is 9.82. The van der Waals surface area contributed by atoms with Crippen LogP contribution in [0.15, 0.2) is 97.1 Å². The quantitative estimate of drug-likeness (QED) is 0.238. The number of anilines is 4. The number of aryl methyl sites for hydroxylation is 1. The third-order valence-electron chi connectivity index (χ3n) is 7.83. The zero-order chi connectivity index (χ0) is 32.1. The molecule has 1 aliphatic carbocycles. The molecule has 5 nitrogen and oxygen atoms in total. The van der Waals surface area contributed by atoms with Crippen LogP contribution >= 0.6 is 0 Å². The van der Waals surface area contributed by atoms with Crippen molar-refractivity contribution in [3.8, 4) is 0 Å². The minimum Gasteiger partial charge on any atom is -0.381 e. The van der Waals surface area contributed by atoms with Gasteiger partial charge in [0.05, 0.1) is 16.9 Å². The minimum atomic E-state index is -4.61. The summed E-state index contributed by atoms with van der Waals surface area (Å²) in [5.74, 6) is -1.02. The highest BCUT2D eigenvalue weighted by Crippen LogP contribution is 2.50. The summed E-state index contributed by atoms with van der Waals surface area (Å²) in [5, 5.41) is 3.40. The Bertz CT molecular complexity index is 1610. The molecule has 0 radical (unpaired) electrons. The minimum absolute atomic E-state index is 0.0216. The van der Waals surface area contributed by atoms with E-state index < -0.39 is 29.0 Å². The lowest BCUT2D eigenvalue weighted by Gasteiger charge is -2.32. The highest BCUT2D eigenvalue weighted by atomic mass is 19.4. The third kappa shape index (κ3) is 5.81. The summed E-state index contributed by atoms with van der Waals surface area (Å²) >= 11 is 0. The fourth-order valence-corrected chi connectivity index (χ4v) is 5.81. The molecule has 1 atom stereocenters. The molecule has 1 N–H and O–H groups in total. The second-order valence-corrected chi connectivity index (χ2v) is 10.2. The van der Waals surface area contributed by atoms with Gasteiger partial charge < -0.3 is 10.2 Å². The standard InChI is InChI=1S/C32H26F3N3O2.2C2H6/c1-37-27-15-12-23(32(33,34)35)19-28(27)38(25-10-6-3-7-11-25)30(40)31(29(37)39)17-16-22-18-24(13-14-26(22)31)36-20-21-8-4-2-5-9-21;2*1-2/h2-15,18-19,36H,16-17,20H2,1H3;2*1-2H3. The van der Waals surface area contributed by atoms with Crippen LogP contribution in [0.25, 0.3) is 0 Å². The van der Waals surface area contributed by atoms with Crippen molar-refractivity contribution in [2.75, 3.05) is 22.2 Å². The maximum atomic E-state index is 14.6. The zero-order valence-electron chi connectivity index (χ0n) is 25.7. The fourth-order valence-electron chi connectivity index (χ4n) is 5.81. The maximum Gasteiger partial charge on any atom is 0.416 e. The van der Waals surface area contributed by atoms with Crippen LogP contribution in [-0.4, -0.2) is 18.9 Å². The SMILES string of the molecule is CC.CC.CN1C(=O)C2(CCc3cc(NCc4ccccc4)ccc32)C(=O)N(c2ccccc2)c2cc(C(F)(F)F)ccc21. The second kappa shape index (κ2) is 13.4. The normalized spacial score (nSPS) is 17.1. The number of carbonyl (C=O) groups excluding carboxylic acids is 2. The molecular weight excluding hydrogens is 563 g/mol. The van der Waals surface area contributed by atoms with Crippen molar-refractivity contribution in [2.45, 2.75) is 58.7 Å². The highest BCUT2D eigenvalue weighted by molar-refractivity contribution is 6.27. The molecule has 1 unspecified atom stereocenters. The van der Waals surface area contributed by atoms with Crippen LogP contribution in [0.2, 0.25) is 0 Å². The number of rotatable bonds is 4. The van der Waals surface area contributed by atoms with Crippen LogP contribution in [-0.2, 0) is 34.1 Å². The Labute approximate surface area is 257 Å². The lowest BCUT2D eigenvalue weighted by atomic mass is 9.79. The van der Waals surface area contributed by atoms with Gasteiger partial charge in [-0.1, -0.05) is 82.3 Å². The number of para-hydroxylation sites is 1. The van der Waals surface area contributed by atoms with E-state index in [-0.39, 0.29) is 17.8 Å². The molecular formula is C36H38F3N3O2. The number of nitrogens with one attached hydrogen (secondary N) is 1. The smallest absolute Gasteiger partial charge is 0.381 e. The molecule has 6 rings (SSSR count). The molecule has 2 aliphatic rings. The van der Waals surface area contributed by atoms with E-state index in [1.807, 2.05) is 70.2 Å². The molecule has 1 heterocycles. The second-order valence-electron chi connectivity index (χ2n) is 10.2. The lowest BCUT2D eigenvalue weighted by molar-refractivity contribution is -0.138. The molecule has 8 heteroatoms. The molecule has 0 bridgehead atoms. The summed E-state index contributed by atoms with van der Waals surface area (Å²) in [5.41, 5.74) is 1.62. The number of fused-ring (bicyclic) bond motifs is 3. The topological polar surface area (TPSA) is 52.7 Å². The number of carbonyl (C=O) groups is 2. The van der Waals surface area contributed by atoms with Gasteiger partial charge in [-0.25, -0.2) is 0 Å². The van der Waals surface area contributed by atoms with E-state index >= 15 is 0 Å². The fraction of sp³-hybridized carbons (Fsp3) is 0.278. The predicted molar refractivity (Wildman–Crippen MR) is 171 cm³/mol. The number of alkyl halides is 3. The van der Waals surface area contributed by atoms with E-state index in [2.05, 4.69) is 5.32 Å². The van der Waals surface area contributed by atoms with Crippen LogP contribution in [0.4, 0.5) is 35.9 Å². The van der Waals surface area contributed by atoms with Gasteiger partial charge in [0, 0.05) is 25.0 Å². The summed E-state index contributed by atoms with van der Waals surface area (Å²) in [6.45, 7) is 8.62. The number of halogens is 3. The zero-order valence-corrected chi connectivity index (χ0v) is 25.7. The van der Waals surface area contributed by atoms with E-state index in [0.717, 1.165) is 28.9 Å². The lowest BCUT2D eigenvalue weighted by Crippen LogP contribution is -2.52. The highest BCUT2D eigenvalue weighted by Gasteiger charge is 2.57. The summed E-state index contributed by atoms with van der Waals surface area (Å²) in [6.07, 6.45) is -3.92. The number of nitrogens with zero attached hydrogens (tertiary/aromatic N) is 2. The van der Waals surface area contributed by atoms with E-state index in [0.29, 0.717) is 24.2 Å². The number of hydrogen-bond acceptors (Lipinski definition) is 3. The van der Waals surface area contributed by atoms with Gasteiger partial charge in [-0.2, -0.15) is 13.2 Å². The molecule has 0 saturated heterocycles. The van der Waals surface area contributed by atoms with Gasteiger partial charge in [0.1, 0.15) is 0 Å². The number of hydrogen-bond donors (Lipinski definition) is 1. The van der Waals surface area contributed by atoms with E-state index in [9.17, 15) is 22.8 Å². The van der Waals surface area contributed by atoms with E-state index in [1.165, 1.54) is 22.9 Å². The van der Waals surface area contributed by atoms with Gasteiger partial charge in [0.15, 0.2) is 5.41 Å². The number of amides is 2. The van der Waals surface area contributed by atoms with Crippen molar-refractivity contribution in [3.63, 3.8) is 0 Å². The van der Waals surface area contributed by atoms with Crippen LogP contribution in [0, 0.1) is 0 Å². The van der Waals surface area contributed by atoms with Crippen LogP contribution in [0.1, 0.15) is 56.4 Å². The first kappa shape index (κ1) is 32.3. The third-order valence-corrected chi connectivity index (χ3v) is 7.83. The van der Waals surface area contributed by atoms with Crippen molar-refractivity contribution in [1.82, 2.24) is 0 Å². The van der Waals surface area contributed by atoms with Gasteiger partial charge in [0.2, 0.25) is 5.91 Å². The van der Waals surface area contributed by atoms with E-state index in [1.54, 1.807) is 36.4 Å². The largest absolute Gasteiger partial charge is 0.416 e. The Morgan fingerprint density at radius 2 is 1.41 bits per heavy atom. The van der Waals surface area contributed by atoms with Gasteiger partial charge >= 0.3 is 6.18 Å². The number of benzene rings is 4. The van der Waals surface area contributed by atoms with Gasteiger partial charge in [0.25, 0.3) is 5.91 Å². The predicted octanol–water partition coefficient (Wildman–Crippen LogP) is 8.90. The Morgan fingerprint density at radius 1 is 0.773 bits per heavy atom. The van der Waals surface area contributed by atoms with Crippen LogP contribution in [0.5, 0.6) is 0 Å². The van der Waals surface area contributed by atoms with Crippen molar-refractivity contribution in [3.05, 3.63) is 119 Å². The monoisotopic (exact) mass is 601 g/mol.